The van der Waals surface area contributed by atoms with Gasteiger partial charge in [-0.05, 0) is 59.7 Å². The van der Waals surface area contributed by atoms with Crippen molar-refractivity contribution in [3.63, 3.8) is 0 Å². The number of hydrogen-bond donors (Lipinski definition) is 3. The molecule has 3 amide bonds. The zero-order valence-electron chi connectivity index (χ0n) is 23.0. The van der Waals surface area contributed by atoms with E-state index in [9.17, 15) is 24.5 Å². The van der Waals surface area contributed by atoms with Gasteiger partial charge in [0.1, 0.15) is 0 Å². The van der Waals surface area contributed by atoms with E-state index in [1.165, 1.54) is 19.1 Å². The van der Waals surface area contributed by atoms with Gasteiger partial charge in [0.15, 0.2) is 0 Å². The van der Waals surface area contributed by atoms with Crippen molar-refractivity contribution in [2.24, 2.45) is 0 Å². The Kier molecular flexibility index (Phi) is 7.82. The van der Waals surface area contributed by atoms with E-state index in [0.29, 0.717) is 42.2 Å². The lowest BCUT2D eigenvalue weighted by molar-refractivity contribution is -0.384. The topological polar surface area (TPSA) is 134 Å². The van der Waals surface area contributed by atoms with Crippen LogP contribution < -0.4 is 16.0 Å². The predicted molar refractivity (Wildman–Crippen MR) is 157 cm³/mol. The standard InChI is InChI=1S/C31H31N5O5/c1-19(37)32-14-3-4-21-5-7-22(8-6-21)30(29-27-17-26(36(40)41)11-12-28(27)34-31(29)39)33-25-10-9-24-18-35(20(2)38)15-13-23(24)16-25/h5-12,16-17,33H,3-4,13-15,18H2,1-2H3,(H,32,37)(H,34,39)/b30-29-. The first-order valence-corrected chi connectivity index (χ1v) is 13.5. The van der Waals surface area contributed by atoms with E-state index in [-0.39, 0.29) is 23.4 Å². The molecule has 0 saturated carbocycles. The number of amides is 3. The van der Waals surface area contributed by atoms with Gasteiger partial charge in [0.05, 0.1) is 16.2 Å². The third-order valence-corrected chi connectivity index (χ3v) is 7.40. The third kappa shape index (κ3) is 6.11. The summed E-state index contributed by atoms with van der Waals surface area (Å²) in [5.41, 5.74) is 6.53. The highest BCUT2D eigenvalue weighted by Gasteiger charge is 2.30. The van der Waals surface area contributed by atoms with Gasteiger partial charge in [-0.3, -0.25) is 24.5 Å². The Morgan fingerprint density at radius 3 is 2.51 bits per heavy atom. The maximum Gasteiger partial charge on any atom is 0.270 e. The van der Waals surface area contributed by atoms with Crippen LogP contribution in [0.1, 0.15) is 48.1 Å². The number of fused-ring (bicyclic) bond motifs is 2. The molecule has 210 valence electrons. The summed E-state index contributed by atoms with van der Waals surface area (Å²) in [6.07, 6.45) is 2.29. The van der Waals surface area contributed by atoms with E-state index in [0.717, 1.165) is 47.2 Å². The number of non-ortho nitro benzene ring substituents is 1. The monoisotopic (exact) mass is 553 g/mol. The second-order valence-corrected chi connectivity index (χ2v) is 10.3. The molecule has 3 aromatic carbocycles. The fourth-order valence-electron chi connectivity index (χ4n) is 5.23. The largest absolute Gasteiger partial charge is 0.356 e. The summed E-state index contributed by atoms with van der Waals surface area (Å²) in [6, 6.07) is 18.1. The molecule has 0 unspecified atom stereocenters. The number of carbonyl (C=O) groups excluding carboxylic acids is 3. The molecular formula is C31H31N5O5. The molecule has 3 N–H and O–H groups in total. The molecule has 0 radical (unpaired) electrons. The maximum atomic E-state index is 13.3. The molecule has 0 atom stereocenters. The SMILES string of the molecule is CC(=O)NCCCc1ccc(/C(Nc2ccc3c(c2)CCN(C(C)=O)C3)=C2/C(=O)Nc3ccc([N+](=O)[O-])cc32)cc1. The summed E-state index contributed by atoms with van der Waals surface area (Å²) < 4.78 is 0. The highest BCUT2D eigenvalue weighted by Crippen LogP contribution is 2.39. The number of anilines is 2. The predicted octanol–water partition coefficient (Wildman–Crippen LogP) is 4.50. The number of nitro benzene ring substituents is 1. The molecule has 0 fully saturated rings. The van der Waals surface area contributed by atoms with Gasteiger partial charge >= 0.3 is 0 Å². The molecule has 10 nitrogen and oxygen atoms in total. The molecule has 0 aliphatic carbocycles. The molecule has 41 heavy (non-hydrogen) atoms. The molecular weight excluding hydrogens is 522 g/mol. The van der Waals surface area contributed by atoms with Crippen LogP contribution in [0.2, 0.25) is 0 Å². The van der Waals surface area contributed by atoms with Crippen LogP contribution in [-0.4, -0.2) is 40.6 Å². The van der Waals surface area contributed by atoms with Gasteiger partial charge in [0.25, 0.3) is 11.6 Å². The molecule has 10 heteroatoms. The second-order valence-electron chi connectivity index (χ2n) is 10.3. The smallest absolute Gasteiger partial charge is 0.270 e. The van der Waals surface area contributed by atoms with E-state index in [2.05, 4.69) is 16.0 Å². The van der Waals surface area contributed by atoms with E-state index < -0.39 is 4.92 Å². The van der Waals surface area contributed by atoms with E-state index in [1.807, 2.05) is 47.4 Å². The van der Waals surface area contributed by atoms with Crippen LogP contribution >= 0.6 is 0 Å². The Hall–Kier alpha value is -4.99. The summed E-state index contributed by atoms with van der Waals surface area (Å²) >= 11 is 0. The van der Waals surface area contributed by atoms with Gasteiger partial charge < -0.3 is 20.9 Å². The maximum absolute atomic E-state index is 13.3. The van der Waals surface area contributed by atoms with Crippen LogP contribution in [0.5, 0.6) is 0 Å². The normalized spacial score (nSPS) is 15.0. The highest BCUT2D eigenvalue weighted by atomic mass is 16.6. The molecule has 5 rings (SSSR count). The first-order valence-electron chi connectivity index (χ1n) is 13.5. The van der Waals surface area contributed by atoms with Crippen molar-refractivity contribution in [1.29, 1.82) is 0 Å². The number of benzene rings is 3. The van der Waals surface area contributed by atoms with Crippen LogP contribution in [0, 0.1) is 10.1 Å². The zero-order valence-corrected chi connectivity index (χ0v) is 23.0. The number of nitro groups is 1. The second kappa shape index (κ2) is 11.6. The quantitative estimate of drug-likeness (QED) is 0.163. The van der Waals surface area contributed by atoms with E-state index >= 15 is 0 Å². The molecule has 0 bridgehead atoms. The average molecular weight is 554 g/mol. The highest BCUT2D eigenvalue weighted by molar-refractivity contribution is 6.37. The molecule has 2 aliphatic rings. The van der Waals surface area contributed by atoms with Crippen molar-refractivity contribution in [2.45, 2.75) is 39.7 Å². The van der Waals surface area contributed by atoms with Crippen molar-refractivity contribution >= 4 is 46.1 Å². The number of carbonyl (C=O) groups is 3. The first-order chi connectivity index (χ1) is 19.7. The Balaban J connectivity index is 1.51. The Bertz CT molecular complexity index is 1580. The summed E-state index contributed by atoms with van der Waals surface area (Å²) in [4.78, 5) is 49.2. The molecule has 2 aliphatic heterocycles. The molecule has 3 aromatic rings. The van der Waals surface area contributed by atoms with Crippen LogP contribution in [-0.2, 0) is 33.8 Å². The number of nitrogens with one attached hydrogen (secondary N) is 3. The van der Waals surface area contributed by atoms with Crippen molar-refractivity contribution in [1.82, 2.24) is 10.2 Å². The molecule has 2 heterocycles. The third-order valence-electron chi connectivity index (χ3n) is 7.40. The van der Waals surface area contributed by atoms with Gasteiger partial charge in [0, 0.05) is 62.6 Å². The van der Waals surface area contributed by atoms with Crippen LogP contribution in [0.25, 0.3) is 11.3 Å². The number of nitrogens with zero attached hydrogens (tertiary/aromatic N) is 2. The van der Waals surface area contributed by atoms with Crippen molar-refractivity contribution < 1.29 is 19.3 Å². The average Bonchev–Trinajstić information content (AvgIpc) is 3.28. The zero-order chi connectivity index (χ0) is 29.1. The van der Waals surface area contributed by atoms with Gasteiger partial charge in [-0.2, -0.15) is 0 Å². The fraction of sp³-hybridized carbons (Fsp3) is 0.258. The lowest BCUT2D eigenvalue weighted by Gasteiger charge is -2.28. The summed E-state index contributed by atoms with van der Waals surface area (Å²) in [5.74, 6) is -0.364. The fourth-order valence-corrected chi connectivity index (χ4v) is 5.23. The van der Waals surface area contributed by atoms with Crippen LogP contribution in [0.4, 0.5) is 17.1 Å². The summed E-state index contributed by atoms with van der Waals surface area (Å²) in [6.45, 7) is 4.85. The minimum absolute atomic E-state index is 0.0448. The van der Waals surface area contributed by atoms with Crippen molar-refractivity contribution in [2.75, 3.05) is 23.7 Å². The Labute approximate surface area is 237 Å². The summed E-state index contributed by atoms with van der Waals surface area (Å²) in [7, 11) is 0. The number of rotatable bonds is 8. The van der Waals surface area contributed by atoms with Gasteiger partial charge in [-0.25, -0.2) is 0 Å². The van der Waals surface area contributed by atoms with Crippen LogP contribution in [0.15, 0.2) is 60.7 Å². The minimum Gasteiger partial charge on any atom is -0.356 e. The van der Waals surface area contributed by atoms with Crippen LogP contribution in [0.3, 0.4) is 0 Å². The lowest BCUT2D eigenvalue weighted by Crippen LogP contribution is -2.34. The van der Waals surface area contributed by atoms with E-state index in [4.69, 9.17) is 0 Å². The Morgan fingerprint density at radius 2 is 1.80 bits per heavy atom. The number of hydrogen-bond acceptors (Lipinski definition) is 6. The molecule has 0 saturated heterocycles. The van der Waals surface area contributed by atoms with Crippen molar-refractivity contribution in [3.8, 4) is 0 Å². The minimum atomic E-state index is -0.475. The van der Waals surface area contributed by atoms with Gasteiger partial charge in [-0.15, -0.1) is 0 Å². The Morgan fingerprint density at radius 1 is 1.02 bits per heavy atom. The summed E-state index contributed by atoms with van der Waals surface area (Å²) in [5, 5.41) is 20.6. The first kappa shape index (κ1) is 27.6. The van der Waals surface area contributed by atoms with E-state index in [1.54, 1.807) is 13.0 Å². The van der Waals surface area contributed by atoms with Crippen molar-refractivity contribution in [3.05, 3.63) is 98.6 Å². The lowest BCUT2D eigenvalue weighted by atomic mass is 9.96. The van der Waals surface area contributed by atoms with Gasteiger partial charge in [-0.1, -0.05) is 30.3 Å². The number of aryl methyl sites for hydroxylation is 1. The van der Waals surface area contributed by atoms with Gasteiger partial charge in [0.2, 0.25) is 11.8 Å². The molecule has 0 spiro atoms. The molecule has 0 aromatic heterocycles.